The minimum Gasteiger partial charge on any atom is -0.494 e. The number of azide groups is 1. The third-order valence-electron chi connectivity index (χ3n) is 4.93. The molecule has 0 saturated heterocycles. The quantitative estimate of drug-likeness (QED) is 0.233. The number of ether oxygens (including phenoxy) is 2. The summed E-state index contributed by atoms with van der Waals surface area (Å²) >= 11 is 0. The molecule has 1 atom stereocenters. The van der Waals surface area contributed by atoms with E-state index >= 15 is 0 Å². The summed E-state index contributed by atoms with van der Waals surface area (Å²) in [6.45, 7) is -1.48. The number of hydrogen-bond acceptors (Lipinski definition) is 6. The van der Waals surface area contributed by atoms with Gasteiger partial charge in [0.1, 0.15) is 18.9 Å². The van der Waals surface area contributed by atoms with Crippen molar-refractivity contribution >= 4 is 17.5 Å². The Hall–Kier alpha value is -3.76. The van der Waals surface area contributed by atoms with Gasteiger partial charge in [0, 0.05) is 35.6 Å². The molecule has 0 bridgehead atoms. The van der Waals surface area contributed by atoms with Gasteiger partial charge in [-0.3, -0.25) is 4.79 Å². The summed E-state index contributed by atoms with van der Waals surface area (Å²) in [6.07, 6.45) is -4.26. The third-order valence-corrected chi connectivity index (χ3v) is 4.93. The first-order valence-corrected chi connectivity index (χ1v) is 10.3. The molecule has 1 heterocycles. The highest BCUT2D eigenvalue weighted by Gasteiger charge is 2.46. The maximum atomic E-state index is 12.9. The molecule has 12 heteroatoms. The van der Waals surface area contributed by atoms with E-state index in [1.165, 1.54) is 6.07 Å². The lowest BCUT2D eigenvalue weighted by Gasteiger charge is -2.24. The summed E-state index contributed by atoms with van der Waals surface area (Å²) in [5, 5.41) is 14.3. The van der Waals surface area contributed by atoms with E-state index in [4.69, 9.17) is 20.1 Å². The monoisotopic (exact) mass is 477 g/mol. The van der Waals surface area contributed by atoms with Gasteiger partial charge in [-0.1, -0.05) is 29.4 Å². The second-order valence-electron chi connectivity index (χ2n) is 7.48. The fourth-order valence-electron chi connectivity index (χ4n) is 3.30. The Bertz CT molecular complexity index is 1080. The first-order chi connectivity index (χ1) is 16.3. The van der Waals surface area contributed by atoms with Crippen LogP contribution in [0.2, 0.25) is 0 Å². The average molecular weight is 477 g/mol. The Kier molecular flexibility index (Phi) is 7.98. The van der Waals surface area contributed by atoms with Crippen LogP contribution in [0.1, 0.15) is 17.5 Å². The number of aliphatic hydroxyl groups excluding tert-OH is 1. The molecule has 0 aromatic heterocycles. The van der Waals surface area contributed by atoms with Crippen molar-refractivity contribution in [2.24, 2.45) is 10.1 Å². The van der Waals surface area contributed by atoms with Crippen molar-refractivity contribution in [1.29, 1.82) is 0 Å². The predicted octanol–water partition coefficient (Wildman–Crippen LogP) is 3.83. The minimum atomic E-state index is -4.60. The van der Waals surface area contributed by atoms with Crippen molar-refractivity contribution in [2.75, 3.05) is 26.4 Å². The second-order valence-corrected chi connectivity index (χ2v) is 7.48. The second kappa shape index (κ2) is 10.9. The van der Waals surface area contributed by atoms with Crippen molar-refractivity contribution in [1.82, 2.24) is 5.32 Å². The van der Waals surface area contributed by atoms with Crippen LogP contribution in [-0.4, -0.2) is 55.0 Å². The zero-order valence-corrected chi connectivity index (χ0v) is 18.0. The van der Waals surface area contributed by atoms with Crippen LogP contribution < -0.4 is 10.1 Å². The molecule has 1 aliphatic heterocycles. The Morgan fingerprint density at radius 1 is 1.26 bits per heavy atom. The van der Waals surface area contributed by atoms with Gasteiger partial charge in [0.25, 0.3) is 5.91 Å². The maximum Gasteiger partial charge on any atom is 0.405 e. The minimum absolute atomic E-state index is 0.00399. The van der Waals surface area contributed by atoms with Gasteiger partial charge in [-0.15, -0.1) is 0 Å². The molecule has 1 aliphatic rings. The number of nitrogens with one attached hydrogen (secondary N) is 1. The van der Waals surface area contributed by atoms with Crippen LogP contribution in [0.4, 0.5) is 18.9 Å². The number of rotatable bonds is 10. The Balaban J connectivity index is 1.90. The smallest absolute Gasteiger partial charge is 0.405 e. The van der Waals surface area contributed by atoms with Crippen LogP contribution in [0.25, 0.3) is 10.4 Å². The van der Waals surface area contributed by atoms with E-state index in [0.717, 1.165) is 0 Å². The number of aliphatic imine (C=N–C) groups is 1. The Labute approximate surface area is 192 Å². The number of benzene rings is 2. The molecule has 180 valence electrons. The SMILES string of the molecule is [N-]=[N+]=Nc1ccccc1C[C@]1(C(=O)NCC(F)(F)F)COC(c2ccc(OCCCO)cc2)=N1. The average Bonchev–Trinajstić information content (AvgIpc) is 3.24. The van der Waals surface area contributed by atoms with Crippen molar-refractivity contribution in [3.05, 3.63) is 70.1 Å². The largest absolute Gasteiger partial charge is 0.494 e. The highest BCUT2D eigenvalue weighted by atomic mass is 19.4. The molecule has 2 aromatic carbocycles. The van der Waals surface area contributed by atoms with E-state index in [0.29, 0.717) is 29.9 Å². The fraction of sp³-hybridized carbons (Fsp3) is 0.364. The molecule has 0 unspecified atom stereocenters. The number of carbonyl (C=O) groups is 1. The lowest BCUT2D eigenvalue weighted by atomic mass is 9.90. The molecule has 0 aliphatic carbocycles. The maximum absolute atomic E-state index is 12.9. The van der Waals surface area contributed by atoms with E-state index in [9.17, 15) is 18.0 Å². The number of carbonyl (C=O) groups excluding carboxylic acids is 1. The molecule has 2 aromatic rings. The predicted molar refractivity (Wildman–Crippen MR) is 117 cm³/mol. The van der Waals surface area contributed by atoms with Gasteiger partial charge in [0.2, 0.25) is 5.90 Å². The van der Waals surface area contributed by atoms with Crippen LogP contribution in [-0.2, 0) is 16.0 Å². The molecule has 9 nitrogen and oxygen atoms in total. The van der Waals surface area contributed by atoms with Crippen LogP contribution in [0.3, 0.4) is 0 Å². The molecule has 34 heavy (non-hydrogen) atoms. The van der Waals surface area contributed by atoms with Crippen LogP contribution >= 0.6 is 0 Å². The van der Waals surface area contributed by atoms with Gasteiger partial charge in [-0.2, -0.15) is 13.2 Å². The molecule has 0 radical (unpaired) electrons. The van der Waals surface area contributed by atoms with Gasteiger partial charge < -0.3 is 19.9 Å². The number of amides is 1. The van der Waals surface area contributed by atoms with Gasteiger partial charge >= 0.3 is 6.18 Å². The summed E-state index contributed by atoms with van der Waals surface area (Å²) in [4.78, 5) is 20.1. The third kappa shape index (κ3) is 6.40. The van der Waals surface area contributed by atoms with E-state index in [1.807, 2.05) is 5.32 Å². The fourth-order valence-corrected chi connectivity index (χ4v) is 3.30. The summed E-state index contributed by atoms with van der Waals surface area (Å²) in [5.74, 6) is -0.321. The number of hydrogen-bond donors (Lipinski definition) is 2. The van der Waals surface area contributed by atoms with Crippen molar-refractivity contribution in [2.45, 2.75) is 24.6 Å². The normalized spacial score (nSPS) is 17.4. The van der Waals surface area contributed by atoms with Crippen molar-refractivity contribution in [3.63, 3.8) is 0 Å². The van der Waals surface area contributed by atoms with E-state index in [-0.39, 0.29) is 31.2 Å². The van der Waals surface area contributed by atoms with Gasteiger partial charge in [-0.05, 0) is 35.4 Å². The first-order valence-electron chi connectivity index (χ1n) is 10.3. The number of nitrogens with zero attached hydrogens (tertiary/aromatic N) is 4. The van der Waals surface area contributed by atoms with E-state index in [2.05, 4.69) is 15.0 Å². The molecular formula is C22H22F3N5O4. The molecule has 3 rings (SSSR count). The lowest BCUT2D eigenvalue weighted by molar-refractivity contribution is -0.141. The number of alkyl halides is 3. The Morgan fingerprint density at radius 3 is 2.68 bits per heavy atom. The molecule has 0 fully saturated rings. The highest BCUT2D eigenvalue weighted by Crippen LogP contribution is 2.31. The summed E-state index contributed by atoms with van der Waals surface area (Å²) in [7, 11) is 0. The molecule has 0 spiro atoms. The standard InChI is InChI=1S/C22H22F3N5O4/c23-22(24,25)13-27-20(32)21(12-16-4-1-2-5-18(16)29-30-26)14-34-19(28-21)15-6-8-17(9-7-15)33-11-3-10-31/h1-2,4-9,31H,3,10-14H2,(H,27,32)/t21-/m1/s1. The van der Waals surface area contributed by atoms with E-state index in [1.54, 1.807) is 42.5 Å². The van der Waals surface area contributed by atoms with Gasteiger partial charge in [0.15, 0.2) is 5.54 Å². The molecule has 1 amide bonds. The topological polar surface area (TPSA) is 129 Å². The lowest BCUT2D eigenvalue weighted by Crippen LogP contribution is -2.50. The van der Waals surface area contributed by atoms with Crippen LogP contribution in [0.15, 0.2) is 58.6 Å². The van der Waals surface area contributed by atoms with Gasteiger partial charge in [-0.25, -0.2) is 4.99 Å². The Morgan fingerprint density at radius 2 is 2.00 bits per heavy atom. The van der Waals surface area contributed by atoms with Crippen LogP contribution in [0.5, 0.6) is 5.75 Å². The summed E-state index contributed by atoms with van der Waals surface area (Å²) < 4.78 is 49.4. The molecular weight excluding hydrogens is 455 g/mol. The van der Waals surface area contributed by atoms with Crippen LogP contribution in [0, 0.1) is 0 Å². The molecule has 2 N–H and O–H groups in total. The number of aliphatic hydroxyl groups is 1. The van der Waals surface area contributed by atoms with Gasteiger partial charge in [0.05, 0.1) is 6.61 Å². The van der Waals surface area contributed by atoms with Crippen molar-refractivity contribution in [3.8, 4) is 5.75 Å². The first kappa shape index (κ1) is 24.9. The molecule has 0 saturated carbocycles. The number of halogens is 3. The highest BCUT2D eigenvalue weighted by molar-refractivity contribution is 6.00. The van der Waals surface area contributed by atoms with E-state index < -0.39 is 24.2 Å². The summed E-state index contributed by atoms with van der Waals surface area (Å²) in [5.41, 5.74) is 8.29. The zero-order chi connectivity index (χ0) is 24.6. The van der Waals surface area contributed by atoms with Crippen molar-refractivity contribution < 1.29 is 32.5 Å². The summed E-state index contributed by atoms with van der Waals surface area (Å²) in [6, 6.07) is 13.0. The zero-order valence-electron chi connectivity index (χ0n) is 18.0.